The second kappa shape index (κ2) is 5.77. The monoisotopic (exact) mass is 257 g/mol. The van der Waals surface area contributed by atoms with Crippen LogP contribution in [0.2, 0.25) is 0 Å². The third kappa shape index (κ3) is 3.04. The number of nitro groups is 2. The van der Waals surface area contributed by atoms with E-state index >= 15 is 0 Å². The molecule has 1 rings (SSSR count). The quantitative estimate of drug-likeness (QED) is 0.349. The summed E-state index contributed by atoms with van der Waals surface area (Å²) in [6, 6.07) is 1.83. The largest absolute Gasteiger partial charge is 0.488 e. The van der Waals surface area contributed by atoms with Crippen molar-refractivity contribution in [1.82, 2.24) is 0 Å². The summed E-state index contributed by atoms with van der Waals surface area (Å²) in [7, 11) is 1.45. The van der Waals surface area contributed by atoms with Gasteiger partial charge in [-0.05, 0) is 0 Å². The summed E-state index contributed by atoms with van der Waals surface area (Å²) in [5.41, 5.74) is 4.24. The van der Waals surface area contributed by atoms with Crippen molar-refractivity contribution in [3.05, 3.63) is 32.4 Å². The molecule has 0 heterocycles. The van der Waals surface area contributed by atoms with Crippen LogP contribution in [0.3, 0.4) is 0 Å². The molecule has 0 radical (unpaired) electrons. The van der Waals surface area contributed by atoms with Crippen LogP contribution >= 0.6 is 0 Å². The van der Waals surface area contributed by atoms with Crippen molar-refractivity contribution in [2.24, 2.45) is 0 Å². The molecule has 18 heavy (non-hydrogen) atoms. The predicted octanol–water partition coefficient (Wildman–Crippen LogP) is 1.11. The van der Waals surface area contributed by atoms with Gasteiger partial charge in [0.25, 0.3) is 5.69 Å². The van der Waals surface area contributed by atoms with E-state index in [1.54, 1.807) is 0 Å². The average Bonchev–Trinajstić information content (AvgIpc) is 2.30. The minimum atomic E-state index is -0.800. The lowest BCUT2D eigenvalue weighted by atomic mass is 10.2. The molecule has 0 aliphatic carbocycles. The van der Waals surface area contributed by atoms with Crippen LogP contribution in [-0.4, -0.2) is 30.2 Å². The zero-order chi connectivity index (χ0) is 13.7. The van der Waals surface area contributed by atoms with Gasteiger partial charge in [-0.1, -0.05) is 0 Å². The molecule has 9 heteroatoms. The fourth-order valence-electron chi connectivity index (χ4n) is 1.21. The maximum Gasteiger partial charge on any atom is 0.302 e. The van der Waals surface area contributed by atoms with Gasteiger partial charge in [-0.2, -0.15) is 0 Å². The molecular formula is C9H11N3O6. The topological polar surface area (TPSA) is 131 Å². The van der Waals surface area contributed by atoms with Crippen molar-refractivity contribution in [3.63, 3.8) is 0 Å². The Kier molecular flexibility index (Phi) is 4.38. The van der Waals surface area contributed by atoms with E-state index in [9.17, 15) is 20.2 Å². The first-order chi connectivity index (χ1) is 8.47. The Morgan fingerprint density at radius 3 is 2.39 bits per heavy atom. The van der Waals surface area contributed by atoms with Gasteiger partial charge < -0.3 is 15.2 Å². The zero-order valence-electron chi connectivity index (χ0n) is 9.49. The fraction of sp³-hybridized carbons (Fsp3) is 0.333. The van der Waals surface area contributed by atoms with Gasteiger partial charge in [0.05, 0.1) is 28.6 Å². The Hall–Kier alpha value is -2.42. The first-order valence-corrected chi connectivity index (χ1v) is 4.81. The summed E-state index contributed by atoms with van der Waals surface area (Å²) in [6.45, 7) is 0.314. The van der Waals surface area contributed by atoms with E-state index < -0.39 is 21.2 Å². The number of benzene rings is 1. The maximum atomic E-state index is 10.7. The normalized spacial score (nSPS) is 10.1. The van der Waals surface area contributed by atoms with Crippen LogP contribution in [0.5, 0.6) is 5.75 Å². The molecule has 0 amide bonds. The second-order valence-corrected chi connectivity index (χ2v) is 3.23. The summed E-state index contributed by atoms with van der Waals surface area (Å²) in [5.74, 6) is -0.104. The van der Waals surface area contributed by atoms with Crippen LogP contribution in [0.25, 0.3) is 0 Å². The zero-order valence-corrected chi connectivity index (χ0v) is 9.49. The van der Waals surface area contributed by atoms with Gasteiger partial charge in [0.1, 0.15) is 6.61 Å². The molecule has 1 aromatic carbocycles. The average molecular weight is 257 g/mol. The summed E-state index contributed by atoms with van der Waals surface area (Å²) < 4.78 is 9.83. The number of ether oxygens (including phenoxy) is 2. The number of anilines is 1. The molecule has 0 aliphatic rings. The lowest BCUT2D eigenvalue weighted by Gasteiger charge is -2.08. The molecular weight excluding hydrogens is 246 g/mol. The number of nitro benzene ring substituents is 2. The van der Waals surface area contributed by atoms with E-state index in [-0.39, 0.29) is 24.7 Å². The molecule has 0 aliphatic heterocycles. The van der Waals surface area contributed by atoms with Crippen molar-refractivity contribution in [2.45, 2.75) is 0 Å². The molecule has 0 aromatic heterocycles. The molecule has 0 saturated carbocycles. The Morgan fingerprint density at radius 2 is 1.89 bits per heavy atom. The van der Waals surface area contributed by atoms with Gasteiger partial charge in [-0.3, -0.25) is 20.2 Å². The highest BCUT2D eigenvalue weighted by Crippen LogP contribution is 2.36. The third-order valence-corrected chi connectivity index (χ3v) is 2.06. The molecule has 1 aromatic rings. The second-order valence-electron chi connectivity index (χ2n) is 3.23. The Labute approximate surface area is 101 Å². The molecule has 0 bridgehead atoms. The van der Waals surface area contributed by atoms with Gasteiger partial charge in [0.15, 0.2) is 11.4 Å². The Bertz CT molecular complexity index is 476. The van der Waals surface area contributed by atoms with Crippen molar-refractivity contribution < 1.29 is 19.3 Å². The van der Waals surface area contributed by atoms with Gasteiger partial charge in [0, 0.05) is 7.11 Å². The van der Waals surface area contributed by atoms with Crippen LogP contribution in [0.4, 0.5) is 17.1 Å². The van der Waals surface area contributed by atoms with Gasteiger partial charge in [-0.25, -0.2) is 0 Å². The number of hydrogen-bond acceptors (Lipinski definition) is 7. The van der Waals surface area contributed by atoms with Crippen molar-refractivity contribution in [3.8, 4) is 5.75 Å². The van der Waals surface area contributed by atoms with Crippen LogP contribution < -0.4 is 10.5 Å². The number of non-ortho nitro benzene ring substituents is 1. The number of nitrogens with two attached hydrogens (primary N) is 1. The van der Waals surface area contributed by atoms with Gasteiger partial charge in [0.2, 0.25) is 0 Å². The van der Waals surface area contributed by atoms with E-state index in [2.05, 4.69) is 0 Å². The summed E-state index contributed by atoms with van der Waals surface area (Å²) >= 11 is 0. The van der Waals surface area contributed by atoms with E-state index in [0.717, 1.165) is 12.1 Å². The highest BCUT2D eigenvalue weighted by Gasteiger charge is 2.23. The van der Waals surface area contributed by atoms with E-state index in [1.807, 2.05) is 0 Å². The maximum absolute atomic E-state index is 10.7. The number of methoxy groups -OCH3 is 1. The molecule has 98 valence electrons. The fourth-order valence-corrected chi connectivity index (χ4v) is 1.21. The van der Waals surface area contributed by atoms with Crippen LogP contribution in [-0.2, 0) is 4.74 Å². The number of nitrogens with zero attached hydrogens (tertiary/aromatic N) is 2. The summed E-state index contributed by atoms with van der Waals surface area (Å²) in [6.07, 6.45) is 0. The van der Waals surface area contributed by atoms with E-state index in [0.29, 0.717) is 0 Å². The first kappa shape index (κ1) is 13.6. The van der Waals surface area contributed by atoms with Crippen LogP contribution in [0.1, 0.15) is 0 Å². The summed E-state index contributed by atoms with van der Waals surface area (Å²) in [4.78, 5) is 19.8. The minimum absolute atomic E-state index is 0.0824. The molecule has 0 spiro atoms. The molecule has 0 fully saturated rings. The summed E-state index contributed by atoms with van der Waals surface area (Å²) in [5, 5.41) is 21.3. The molecule has 2 N–H and O–H groups in total. The standard InChI is InChI=1S/C9H11N3O6/c1-17-2-3-18-8-5-6(11(13)14)4-7(9(8)10)12(15)16/h4-5H,2-3,10H2,1H3. The highest BCUT2D eigenvalue weighted by atomic mass is 16.6. The first-order valence-electron chi connectivity index (χ1n) is 4.81. The molecule has 9 nitrogen and oxygen atoms in total. The predicted molar refractivity (Wildman–Crippen MR) is 61.5 cm³/mol. The number of rotatable bonds is 6. The van der Waals surface area contributed by atoms with E-state index in [4.69, 9.17) is 15.2 Å². The van der Waals surface area contributed by atoms with Crippen molar-refractivity contribution in [2.75, 3.05) is 26.1 Å². The molecule has 0 saturated heterocycles. The smallest absolute Gasteiger partial charge is 0.302 e. The lowest BCUT2D eigenvalue weighted by Crippen LogP contribution is -2.07. The molecule has 0 unspecified atom stereocenters. The van der Waals surface area contributed by atoms with Gasteiger partial charge in [-0.15, -0.1) is 0 Å². The van der Waals surface area contributed by atoms with Gasteiger partial charge >= 0.3 is 5.69 Å². The molecule has 0 atom stereocenters. The Balaban J connectivity index is 3.14. The Morgan fingerprint density at radius 1 is 1.22 bits per heavy atom. The van der Waals surface area contributed by atoms with Crippen LogP contribution in [0.15, 0.2) is 12.1 Å². The SMILES string of the molecule is COCCOc1cc([N+](=O)[O-])cc([N+](=O)[O-])c1N. The third-order valence-electron chi connectivity index (χ3n) is 2.06. The number of nitrogen functional groups attached to an aromatic ring is 1. The lowest BCUT2D eigenvalue weighted by molar-refractivity contribution is -0.393. The van der Waals surface area contributed by atoms with Crippen molar-refractivity contribution >= 4 is 17.1 Å². The minimum Gasteiger partial charge on any atom is -0.488 e. The highest BCUT2D eigenvalue weighted by molar-refractivity contribution is 5.71. The van der Waals surface area contributed by atoms with E-state index in [1.165, 1.54) is 7.11 Å². The number of hydrogen-bond donors (Lipinski definition) is 1. The van der Waals surface area contributed by atoms with Crippen LogP contribution in [0, 0.1) is 20.2 Å². The van der Waals surface area contributed by atoms with Crippen molar-refractivity contribution in [1.29, 1.82) is 0 Å².